The molecule has 1 unspecified atom stereocenters. The number of methoxy groups -OCH3 is 1. The summed E-state index contributed by atoms with van der Waals surface area (Å²) < 4.78 is 5.53. The molecular formula is C24H38O2Si2. The van der Waals surface area contributed by atoms with Crippen molar-refractivity contribution in [3.63, 3.8) is 0 Å². The van der Waals surface area contributed by atoms with E-state index in [-0.39, 0.29) is 20.9 Å². The molecule has 154 valence electrons. The summed E-state index contributed by atoms with van der Waals surface area (Å²) >= 11 is 0. The zero-order valence-corrected chi connectivity index (χ0v) is 21.8. The molecule has 2 nitrogen and oxygen atoms in total. The maximum Gasteiger partial charge on any atom is 0.164 e. The zero-order chi connectivity index (χ0) is 21.8. The maximum absolute atomic E-state index is 13.1. The number of hydrogen-bond donors (Lipinski definition) is 0. The Labute approximate surface area is 174 Å². The number of ether oxygens (including phenoxy) is 1. The van der Waals surface area contributed by atoms with E-state index in [1.165, 1.54) is 0 Å². The minimum Gasteiger partial charge on any atom is -0.497 e. The molecular weight excluding hydrogens is 376 g/mol. The lowest BCUT2D eigenvalue weighted by Gasteiger charge is -2.48. The van der Waals surface area contributed by atoms with Crippen LogP contribution in [0.25, 0.3) is 0 Å². The van der Waals surface area contributed by atoms with Gasteiger partial charge in [-0.2, -0.15) is 0 Å². The molecule has 0 aliphatic heterocycles. The van der Waals surface area contributed by atoms with Gasteiger partial charge in [0, 0.05) is 12.0 Å². The average molecular weight is 415 g/mol. The monoisotopic (exact) mass is 414 g/mol. The van der Waals surface area contributed by atoms with Crippen molar-refractivity contribution < 1.29 is 9.53 Å². The molecule has 0 heterocycles. The molecule has 1 aromatic rings. The lowest BCUT2D eigenvalue weighted by molar-refractivity contribution is 0.0988. The zero-order valence-electron chi connectivity index (χ0n) is 19.8. The first-order valence-corrected chi connectivity index (χ1v) is 16.3. The van der Waals surface area contributed by atoms with Crippen LogP contribution in [-0.4, -0.2) is 29.0 Å². The van der Waals surface area contributed by atoms with E-state index in [9.17, 15) is 4.79 Å². The van der Waals surface area contributed by atoms with E-state index in [0.717, 1.165) is 16.9 Å². The van der Waals surface area contributed by atoms with Crippen molar-refractivity contribution in [3.8, 4) is 17.2 Å². The minimum absolute atomic E-state index is 0.111. The van der Waals surface area contributed by atoms with Gasteiger partial charge in [0.2, 0.25) is 0 Å². The quantitative estimate of drug-likeness (QED) is 0.401. The highest BCUT2D eigenvalue weighted by Crippen LogP contribution is 2.54. The summed E-state index contributed by atoms with van der Waals surface area (Å²) in [4.78, 5) is 13.1. The fourth-order valence-corrected chi connectivity index (χ4v) is 7.76. The predicted octanol–water partition coefficient (Wildman–Crippen LogP) is 6.62. The van der Waals surface area contributed by atoms with E-state index < -0.39 is 16.1 Å². The Morgan fingerprint density at radius 2 is 1.57 bits per heavy atom. The molecule has 1 aromatic carbocycles. The average Bonchev–Trinajstić information content (AvgIpc) is 2.84. The lowest BCUT2D eigenvalue weighted by Crippen LogP contribution is -2.56. The Balaban J connectivity index is 2.86. The van der Waals surface area contributed by atoms with Crippen molar-refractivity contribution in [1.82, 2.24) is 0 Å². The van der Waals surface area contributed by atoms with Gasteiger partial charge in [-0.25, -0.2) is 0 Å². The molecule has 28 heavy (non-hydrogen) atoms. The van der Waals surface area contributed by atoms with Crippen LogP contribution in [0.4, 0.5) is 0 Å². The normalized spacial score (nSPS) is 20.5. The highest BCUT2D eigenvalue weighted by Gasteiger charge is 2.58. The summed E-state index contributed by atoms with van der Waals surface area (Å²) in [5, 5.41) is -0.0732. The second-order valence-corrected chi connectivity index (χ2v) is 22.0. The molecule has 4 heteroatoms. The van der Waals surface area contributed by atoms with E-state index in [0.29, 0.717) is 6.42 Å². The van der Waals surface area contributed by atoms with E-state index in [2.05, 4.69) is 85.3 Å². The SMILES string of the molecule is COc1ccc2c(c1)C(C#C[Si](C)(C)C(C)(C)C)([Si](C)(C)C(C)(C)C)CC2=O. The molecule has 0 aromatic heterocycles. The molecule has 0 N–H and O–H groups in total. The van der Waals surface area contributed by atoms with Crippen LogP contribution in [0.5, 0.6) is 5.75 Å². The molecule has 0 saturated carbocycles. The molecule has 1 aliphatic carbocycles. The van der Waals surface area contributed by atoms with Crippen LogP contribution in [0.3, 0.4) is 0 Å². The van der Waals surface area contributed by atoms with Crippen molar-refractivity contribution in [2.24, 2.45) is 0 Å². The predicted molar refractivity (Wildman–Crippen MR) is 126 cm³/mol. The van der Waals surface area contributed by atoms with Gasteiger partial charge in [-0.3, -0.25) is 4.79 Å². The third kappa shape index (κ3) is 3.52. The van der Waals surface area contributed by atoms with Gasteiger partial charge >= 0.3 is 0 Å². The first-order chi connectivity index (χ1) is 12.5. The molecule has 1 atom stereocenters. The van der Waals surface area contributed by atoms with Gasteiger partial charge in [0.15, 0.2) is 5.78 Å². The molecule has 1 aliphatic rings. The maximum atomic E-state index is 13.1. The van der Waals surface area contributed by atoms with Crippen molar-refractivity contribution in [1.29, 1.82) is 0 Å². The number of benzene rings is 1. The smallest absolute Gasteiger partial charge is 0.164 e. The Morgan fingerprint density at radius 3 is 2.04 bits per heavy atom. The van der Waals surface area contributed by atoms with Crippen LogP contribution in [-0.2, 0) is 5.04 Å². The van der Waals surface area contributed by atoms with Crippen molar-refractivity contribution in [2.75, 3.05) is 7.11 Å². The van der Waals surface area contributed by atoms with Crippen molar-refractivity contribution in [2.45, 2.75) is 89.3 Å². The van der Waals surface area contributed by atoms with Crippen molar-refractivity contribution >= 4 is 21.9 Å². The van der Waals surface area contributed by atoms with Crippen LogP contribution in [0.2, 0.25) is 36.3 Å². The summed E-state index contributed by atoms with van der Waals surface area (Å²) in [5.41, 5.74) is 5.74. The van der Waals surface area contributed by atoms with Gasteiger partial charge in [0.1, 0.15) is 13.8 Å². The number of fused-ring (bicyclic) bond motifs is 1. The highest BCUT2D eigenvalue weighted by molar-refractivity contribution is 6.88. The number of ketones is 1. The van der Waals surface area contributed by atoms with Crippen LogP contribution < -0.4 is 4.74 Å². The third-order valence-electron chi connectivity index (χ3n) is 7.82. The molecule has 0 bridgehead atoms. The van der Waals surface area contributed by atoms with Gasteiger partial charge in [0.05, 0.1) is 20.2 Å². The van der Waals surface area contributed by atoms with E-state index in [1.54, 1.807) is 7.11 Å². The Kier molecular flexibility index (Phi) is 5.65. The van der Waals surface area contributed by atoms with Crippen molar-refractivity contribution in [3.05, 3.63) is 29.3 Å². The van der Waals surface area contributed by atoms with E-state index in [1.807, 2.05) is 12.1 Å². The summed E-state index contributed by atoms with van der Waals surface area (Å²) in [7, 11) is -2.15. The lowest BCUT2D eigenvalue weighted by atomic mass is 10.0. The van der Waals surface area contributed by atoms with E-state index in [4.69, 9.17) is 4.74 Å². The van der Waals surface area contributed by atoms with Gasteiger partial charge < -0.3 is 4.74 Å². The third-order valence-corrected chi connectivity index (χ3v) is 18.8. The Morgan fingerprint density at radius 1 is 1.00 bits per heavy atom. The summed E-state index contributed by atoms with van der Waals surface area (Å²) in [6, 6.07) is 5.93. The first-order valence-electron chi connectivity index (χ1n) is 10.3. The molecule has 0 fully saturated rings. The molecule has 0 radical (unpaired) electrons. The topological polar surface area (TPSA) is 26.3 Å². The number of rotatable bonds is 2. The Bertz CT molecular complexity index is 842. The first kappa shape index (κ1) is 23.0. The van der Waals surface area contributed by atoms with Crippen LogP contribution in [0.15, 0.2) is 18.2 Å². The van der Waals surface area contributed by atoms with Crippen LogP contribution >= 0.6 is 0 Å². The fraction of sp³-hybridized carbons (Fsp3) is 0.625. The van der Waals surface area contributed by atoms with Gasteiger partial charge in [-0.1, -0.05) is 67.7 Å². The summed E-state index contributed by atoms with van der Waals surface area (Å²) in [6.07, 6.45) is 0.508. The number of hydrogen-bond acceptors (Lipinski definition) is 2. The summed E-state index contributed by atoms with van der Waals surface area (Å²) in [6.45, 7) is 23.4. The van der Waals surface area contributed by atoms with Gasteiger partial charge in [0.25, 0.3) is 0 Å². The number of carbonyl (C=O) groups is 1. The second kappa shape index (κ2) is 6.88. The van der Waals surface area contributed by atoms with E-state index >= 15 is 0 Å². The molecule has 0 spiro atoms. The van der Waals surface area contributed by atoms with Crippen LogP contribution in [0.1, 0.15) is 63.9 Å². The summed E-state index contributed by atoms with van der Waals surface area (Å²) in [5.74, 6) is 4.86. The Hall–Kier alpha value is -1.32. The molecule has 0 amide bonds. The largest absolute Gasteiger partial charge is 0.497 e. The van der Waals surface area contributed by atoms with Gasteiger partial charge in [-0.15, -0.1) is 11.5 Å². The number of carbonyl (C=O) groups excluding carboxylic acids is 1. The highest BCUT2D eigenvalue weighted by atomic mass is 28.3. The molecule has 0 saturated heterocycles. The fourth-order valence-electron chi connectivity index (χ4n) is 3.59. The second-order valence-electron chi connectivity index (χ2n) is 11.4. The molecule has 2 rings (SSSR count). The minimum atomic E-state index is -2.04. The van der Waals surface area contributed by atoms with Gasteiger partial charge in [-0.05, 0) is 33.8 Å². The number of Topliss-reactive ketones (excluding diaryl/α,β-unsaturated/α-hetero) is 1. The standard InChI is InChI=1S/C24H38O2Si2/c1-22(2,3)27(8,9)15-14-24(28(10,11)23(4,5)6)17-21(25)19-13-12-18(26-7)16-20(19)24/h12-13,16H,17H2,1-11H3. The van der Waals surface area contributed by atoms with Crippen LogP contribution in [0, 0.1) is 11.5 Å².